The zero-order valence-electron chi connectivity index (χ0n) is 17.7. The third-order valence-corrected chi connectivity index (χ3v) is 6.53. The lowest BCUT2D eigenvalue weighted by Gasteiger charge is -2.21. The number of nitrogens with zero attached hydrogens (tertiary/aromatic N) is 2. The number of furan rings is 1. The molecule has 0 saturated carbocycles. The van der Waals surface area contributed by atoms with Gasteiger partial charge in [-0.1, -0.05) is 24.3 Å². The summed E-state index contributed by atoms with van der Waals surface area (Å²) in [7, 11) is -1.75. The van der Waals surface area contributed by atoms with Crippen molar-refractivity contribution in [1.82, 2.24) is 5.01 Å². The first-order valence-electron chi connectivity index (χ1n) is 10.1. The van der Waals surface area contributed by atoms with Gasteiger partial charge in [-0.3, -0.25) is 9.52 Å². The summed E-state index contributed by atoms with van der Waals surface area (Å²) < 4.78 is 36.6. The van der Waals surface area contributed by atoms with Gasteiger partial charge >= 0.3 is 5.91 Å². The molecule has 166 valence electrons. The summed E-state index contributed by atoms with van der Waals surface area (Å²) in [6, 6.07) is 17.4. The lowest BCUT2D eigenvalue weighted by atomic mass is 9.98. The first kappa shape index (κ1) is 21.6. The number of hydrogen-bond donors (Lipinski definition) is 1. The number of benzene rings is 2. The van der Waals surface area contributed by atoms with E-state index in [0.717, 1.165) is 22.6 Å². The molecule has 0 aliphatic carbocycles. The minimum atomic E-state index is -3.35. The molecule has 1 unspecified atom stereocenters. The predicted octanol–water partition coefficient (Wildman–Crippen LogP) is 4.04. The maximum Gasteiger partial charge on any atom is 0.310 e. The van der Waals surface area contributed by atoms with Gasteiger partial charge in [0.2, 0.25) is 10.0 Å². The Labute approximate surface area is 186 Å². The van der Waals surface area contributed by atoms with Gasteiger partial charge in [-0.25, -0.2) is 13.4 Å². The van der Waals surface area contributed by atoms with E-state index in [1.54, 1.807) is 50.4 Å². The topological polar surface area (TPSA) is 101 Å². The van der Waals surface area contributed by atoms with E-state index in [1.807, 2.05) is 24.3 Å². The second kappa shape index (κ2) is 8.88. The predicted molar refractivity (Wildman–Crippen MR) is 121 cm³/mol. The Bertz CT molecular complexity index is 1220. The Morgan fingerprint density at radius 2 is 1.88 bits per heavy atom. The first-order valence-corrected chi connectivity index (χ1v) is 11.7. The minimum Gasteiger partial charge on any atom is -0.497 e. The molecule has 9 heteroatoms. The van der Waals surface area contributed by atoms with Crippen molar-refractivity contribution >= 4 is 27.3 Å². The number of amides is 1. The van der Waals surface area contributed by atoms with Gasteiger partial charge in [-0.15, -0.1) is 0 Å². The van der Waals surface area contributed by atoms with Crippen molar-refractivity contribution in [1.29, 1.82) is 0 Å². The molecule has 0 bridgehead atoms. The Hall–Kier alpha value is -3.59. The van der Waals surface area contributed by atoms with Gasteiger partial charge in [-0.2, -0.15) is 5.10 Å². The van der Waals surface area contributed by atoms with Crippen LogP contribution in [0.4, 0.5) is 5.69 Å². The summed E-state index contributed by atoms with van der Waals surface area (Å²) >= 11 is 0. The molecule has 1 atom stereocenters. The average Bonchev–Trinajstić information content (AvgIpc) is 3.50. The van der Waals surface area contributed by atoms with E-state index in [-0.39, 0.29) is 23.5 Å². The van der Waals surface area contributed by atoms with Crippen molar-refractivity contribution in [3.8, 4) is 5.75 Å². The molecule has 1 aromatic heterocycles. The second-order valence-corrected chi connectivity index (χ2v) is 9.26. The van der Waals surface area contributed by atoms with Crippen LogP contribution in [0.3, 0.4) is 0 Å². The molecule has 0 spiro atoms. The fraction of sp³-hybridized carbons (Fsp3) is 0.217. The lowest BCUT2D eigenvalue weighted by molar-refractivity contribution is 0.0678. The summed E-state index contributed by atoms with van der Waals surface area (Å²) in [5, 5.41) is 6.04. The van der Waals surface area contributed by atoms with Gasteiger partial charge in [0.15, 0.2) is 5.76 Å². The van der Waals surface area contributed by atoms with E-state index in [1.165, 1.54) is 11.3 Å². The smallest absolute Gasteiger partial charge is 0.310 e. The van der Waals surface area contributed by atoms with Crippen LogP contribution in [-0.4, -0.2) is 37.9 Å². The van der Waals surface area contributed by atoms with Gasteiger partial charge in [0.1, 0.15) is 5.75 Å². The Balaban J connectivity index is 1.63. The molecular formula is C23H23N3O5S. The first-order chi connectivity index (χ1) is 15.4. The van der Waals surface area contributed by atoms with Crippen LogP contribution in [0.5, 0.6) is 5.75 Å². The number of hydrogen-bond acceptors (Lipinski definition) is 6. The number of anilines is 1. The maximum atomic E-state index is 13.1. The van der Waals surface area contributed by atoms with Crippen LogP contribution in [0.1, 0.15) is 41.1 Å². The molecule has 3 aromatic rings. The highest BCUT2D eigenvalue weighted by Gasteiger charge is 2.34. The normalized spacial score (nSPS) is 16.0. The zero-order valence-corrected chi connectivity index (χ0v) is 18.5. The maximum absolute atomic E-state index is 13.1. The number of hydrazone groups is 1. The number of methoxy groups -OCH3 is 1. The Morgan fingerprint density at radius 1 is 1.16 bits per heavy atom. The molecule has 32 heavy (non-hydrogen) atoms. The number of carbonyl (C=O) groups is 1. The second-order valence-electron chi connectivity index (χ2n) is 7.25. The molecule has 0 fully saturated rings. The lowest BCUT2D eigenvalue weighted by Crippen LogP contribution is -2.26. The number of ether oxygens (including phenoxy) is 1. The van der Waals surface area contributed by atoms with Gasteiger partial charge in [0.05, 0.1) is 30.9 Å². The largest absolute Gasteiger partial charge is 0.497 e. The Kier molecular flexibility index (Phi) is 6.00. The molecule has 1 amide bonds. The highest BCUT2D eigenvalue weighted by molar-refractivity contribution is 7.92. The van der Waals surface area contributed by atoms with E-state index < -0.39 is 10.0 Å². The molecule has 0 radical (unpaired) electrons. The van der Waals surface area contributed by atoms with Gasteiger partial charge in [0, 0.05) is 12.1 Å². The molecule has 1 aliphatic heterocycles. The summed E-state index contributed by atoms with van der Waals surface area (Å²) in [6.07, 6.45) is 1.95. The SMILES string of the molecule is CCS(=O)(=O)Nc1ccc(C2=NN(C(=O)c3ccco3)C(c3ccc(OC)cc3)C2)cc1. The monoisotopic (exact) mass is 453 g/mol. The quantitative estimate of drug-likeness (QED) is 0.582. The molecule has 1 N–H and O–H groups in total. The zero-order chi connectivity index (χ0) is 22.7. The molecule has 4 rings (SSSR count). The van der Waals surface area contributed by atoms with Gasteiger partial charge in [0.25, 0.3) is 0 Å². The summed E-state index contributed by atoms with van der Waals surface area (Å²) in [6.45, 7) is 1.58. The van der Waals surface area contributed by atoms with Crippen LogP contribution < -0.4 is 9.46 Å². The summed E-state index contributed by atoms with van der Waals surface area (Å²) in [4.78, 5) is 13.1. The molecule has 0 saturated heterocycles. The van der Waals surface area contributed by atoms with Crippen molar-refractivity contribution in [3.05, 3.63) is 83.8 Å². The third-order valence-electron chi connectivity index (χ3n) is 5.22. The number of rotatable bonds is 7. The number of nitrogens with one attached hydrogen (secondary N) is 1. The van der Waals surface area contributed by atoms with E-state index >= 15 is 0 Å². The highest BCUT2D eigenvalue weighted by Crippen LogP contribution is 2.35. The average molecular weight is 454 g/mol. The number of sulfonamides is 1. The van der Waals surface area contributed by atoms with Crippen molar-refractivity contribution in [2.45, 2.75) is 19.4 Å². The highest BCUT2D eigenvalue weighted by atomic mass is 32.2. The van der Waals surface area contributed by atoms with E-state index in [2.05, 4.69) is 9.82 Å². The third kappa shape index (κ3) is 4.52. The number of carbonyl (C=O) groups excluding carboxylic acids is 1. The van der Waals surface area contributed by atoms with Crippen LogP contribution in [-0.2, 0) is 10.0 Å². The minimum absolute atomic E-state index is 0.00511. The fourth-order valence-electron chi connectivity index (χ4n) is 3.45. The summed E-state index contributed by atoms with van der Waals surface area (Å²) in [5.41, 5.74) is 2.91. The molecule has 2 heterocycles. The van der Waals surface area contributed by atoms with E-state index in [9.17, 15) is 13.2 Å². The van der Waals surface area contributed by atoms with Crippen LogP contribution in [0, 0.1) is 0 Å². The van der Waals surface area contributed by atoms with Gasteiger partial charge < -0.3 is 9.15 Å². The van der Waals surface area contributed by atoms with E-state index in [4.69, 9.17) is 9.15 Å². The van der Waals surface area contributed by atoms with Crippen LogP contribution in [0.15, 0.2) is 76.4 Å². The molecule has 1 aliphatic rings. The van der Waals surface area contributed by atoms with Crippen molar-refractivity contribution < 1.29 is 22.4 Å². The Morgan fingerprint density at radius 3 is 2.47 bits per heavy atom. The standard InChI is InChI=1S/C23H23N3O5S/c1-3-32(28,29)25-18-10-6-16(7-11-18)20-15-21(17-8-12-19(30-2)13-9-17)26(24-20)23(27)22-5-4-14-31-22/h4-14,21,25H,3,15H2,1-2H3. The molecule has 2 aromatic carbocycles. The fourth-order valence-corrected chi connectivity index (χ4v) is 4.09. The van der Waals surface area contributed by atoms with Crippen LogP contribution in [0.2, 0.25) is 0 Å². The van der Waals surface area contributed by atoms with E-state index in [0.29, 0.717) is 12.1 Å². The van der Waals surface area contributed by atoms with Crippen LogP contribution in [0.25, 0.3) is 0 Å². The van der Waals surface area contributed by atoms with Crippen molar-refractivity contribution in [2.24, 2.45) is 5.10 Å². The molecular weight excluding hydrogens is 430 g/mol. The van der Waals surface area contributed by atoms with Crippen molar-refractivity contribution in [2.75, 3.05) is 17.6 Å². The summed E-state index contributed by atoms with van der Waals surface area (Å²) in [5.74, 6) is 0.590. The van der Waals surface area contributed by atoms with Crippen LogP contribution >= 0.6 is 0 Å². The van der Waals surface area contributed by atoms with Crippen molar-refractivity contribution in [3.63, 3.8) is 0 Å². The molecule has 8 nitrogen and oxygen atoms in total. The van der Waals surface area contributed by atoms with Gasteiger partial charge in [-0.05, 0) is 54.4 Å².